The van der Waals surface area contributed by atoms with Gasteiger partial charge in [0.25, 0.3) is 5.56 Å². The zero-order valence-corrected chi connectivity index (χ0v) is 16.9. The number of nitrogens with one attached hydrogen (secondary N) is 2. The van der Waals surface area contributed by atoms with Crippen molar-refractivity contribution in [2.75, 3.05) is 37.3 Å². The molecule has 1 aromatic carbocycles. The van der Waals surface area contributed by atoms with E-state index < -0.39 is 0 Å². The standard InChI is InChI=1S/C22H31N5O2/c23-20-12-25-22(26-21(20)28)24-9-2-10-29-19-4-1-3-18(11-19)15-27-13-16-5-6-17(14-27)8-7-16/h1,3-4,11-12,16-17H,2,5-10,13-15,23H2,(H2,24,25,26,28). The molecule has 0 atom stereocenters. The van der Waals surface area contributed by atoms with Crippen LogP contribution in [0.1, 0.15) is 37.7 Å². The van der Waals surface area contributed by atoms with Gasteiger partial charge in [0.15, 0.2) is 0 Å². The lowest BCUT2D eigenvalue weighted by Crippen LogP contribution is -2.27. The van der Waals surface area contributed by atoms with Crippen LogP contribution in [0.3, 0.4) is 0 Å². The van der Waals surface area contributed by atoms with Crippen LogP contribution in [-0.2, 0) is 6.54 Å². The lowest BCUT2D eigenvalue weighted by molar-refractivity contribution is 0.243. The van der Waals surface area contributed by atoms with E-state index in [9.17, 15) is 4.79 Å². The van der Waals surface area contributed by atoms with Crippen molar-refractivity contribution in [1.82, 2.24) is 14.9 Å². The Morgan fingerprint density at radius 1 is 1.21 bits per heavy atom. The minimum atomic E-state index is -0.326. The summed E-state index contributed by atoms with van der Waals surface area (Å²) in [5.41, 5.74) is 6.58. The van der Waals surface area contributed by atoms with Crippen LogP contribution in [0.5, 0.6) is 5.75 Å². The van der Waals surface area contributed by atoms with Crippen LogP contribution >= 0.6 is 0 Å². The molecule has 156 valence electrons. The van der Waals surface area contributed by atoms with Crippen molar-refractivity contribution < 1.29 is 4.74 Å². The molecule has 0 radical (unpaired) electrons. The number of fused-ring (bicyclic) bond motifs is 4. The maximum Gasteiger partial charge on any atom is 0.275 e. The molecule has 29 heavy (non-hydrogen) atoms. The molecular weight excluding hydrogens is 366 g/mol. The monoisotopic (exact) mass is 397 g/mol. The lowest BCUT2D eigenvalue weighted by atomic mass is 9.84. The van der Waals surface area contributed by atoms with Crippen LogP contribution in [0.15, 0.2) is 35.3 Å². The highest BCUT2D eigenvalue weighted by Crippen LogP contribution is 2.34. The fourth-order valence-corrected chi connectivity index (χ4v) is 4.49. The Morgan fingerprint density at radius 2 is 1.97 bits per heavy atom. The van der Waals surface area contributed by atoms with Crippen molar-refractivity contribution in [1.29, 1.82) is 0 Å². The van der Waals surface area contributed by atoms with Crippen LogP contribution in [0.4, 0.5) is 11.6 Å². The van der Waals surface area contributed by atoms with E-state index in [0.29, 0.717) is 19.1 Å². The van der Waals surface area contributed by atoms with Crippen molar-refractivity contribution in [3.05, 3.63) is 46.4 Å². The summed E-state index contributed by atoms with van der Waals surface area (Å²) in [6.45, 7) is 4.76. The molecule has 2 aliphatic heterocycles. The second-order valence-electron chi connectivity index (χ2n) is 8.37. The predicted octanol–water partition coefficient (Wildman–Crippen LogP) is 2.86. The summed E-state index contributed by atoms with van der Waals surface area (Å²) in [5, 5.41) is 3.08. The van der Waals surface area contributed by atoms with Crippen LogP contribution in [0, 0.1) is 11.8 Å². The Morgan fingerprint density at radius 3 is 2.69 bits per heavy atom. The van der Waals surface area contributed by atoms with Gasteiger partial charge >= 0.3 is 0 Å². The predicted molar refractivity (Wildman–Crippen MR) is 115 cm³/mol. The smallest absolute Gasteiger partial charge is 0.275 e. The maximum absolute atomic E-state index is 11.5. The normalized spacial score (nSPS) is 21.7. The van der Waals surface area contributed by atoms with E-state index in [4.69, 9.17) is 10.5 Å². The van der Waals surface area contributed by atoms with Gasteiger partial charge in [0.2, 0.25) is 5.95 Å². The van der Waals surface area contributed by atoms with Crippen molar-refractivity contribution in [3.8, 4) is 5.75 Å². The summed E-state index contributed by atoms with van der Waals surface area (Å²) in [5.74, 6) is 3.13. The second-order valence-corrected chi connectivity index (χ2v) is 8.37. The highest BCUT2D eigenvalue weighted by molar-refractivity contribution is 5.36. The van der Waals surface area contributed by atoms with Crippen molar-refractivity contribution in [2.24, 2.45) is 11.8 Å². The zero-order chi connectivity index (χ0) is 20.1. The van der Waals surface area contributed by atoms with E-state index in [-0.39, 0.29) is 11.2 Å². The van der Waals surface area contributed by atoms with Crippen LogP contribution in [0.25, 0.3) is 0 Å². The van der Waals surface area contributed by atoms with Gasteiger partial charge in [-0.25, -0.2) is 4.98 Å². The molecule has 3 aliphatic rings. The van der Waals surface area contributed by atoms with E-state index in [2.05, 4.69) is 38.4 Å². The number of nitrogens with zero attached hydrogens (tertiary/aromatic N) is 2. The summed E-state index contributed by atoms with van der Waals surface area (Å²) in [4.78, 5) is 20.7. The quantitative estimate of drug-likeness (QED) is 0.593. The number of H-pyrrole nitrogens is 1. The van der Waals surface area contributed by atoms with Gasteiger partial charge in [-0.15, -0.1) is 0 Å². The largest absolute Gasteiger partial charge is 0.494 e. The summed E-state index contributed by atoms with van der Waals surface area (Å²) >= 11 is 0. The minimum absolute atomic E-state index is 0.117. The molecule has 5 rings (SSSR count). The highest BCUT2D eigenvalue weighted by Gasteiger charge is 2.29. The first-order valence-electron chi connectivity index (χ1n) is 10.7. The van der Waals surface area contributed by atoms with Gasteiger partial charge in [-0.2, -0.15) is 0 Å². The molecule has 2 bridgehead atoms. The molecule has 2 aromatic rings. The summed E-state index contributed by atoms with van der Waals surface area (Å²) < 4.78 is 5.93. The molecule has 2 saturated heterocycles. The van der Waals surface area contributed by atoms with Gasteiger partial charge in [0.1, 0.15) is 11.4 Å². The number of aromatic amines is 1. The third-order valence-electron chi connectivity index (χ3n) is 6.01. The molecular formula is C22H31N5O2. The van der Waals surface area contributed by atoms with E-state index in [0.717, 1.165) is 30.6 Å². The Bertz CT molecular complexity index is 846. The van der Waals surface area contributed by atoms with E-state index in [1.165, 1.54) is 50.5 Å². The van der Waals surface area contributed by atoms with E-state index >= 15 is 0 Å². The lowest BCUT2D eigenvalue weighted by Gasteiger charge is -2.22. The molecule has 7 nitrogen and oxygen atoms in total. The average molecular weight is 398 g/mol. The third-order valence-corrected chi connectivity index (χ3v) is 6.01. The van der Waals surface area contributed by atoms with Gasteiger partial charge < -0.3 is 15.8 Å². The molecule has 0 unspecified atom stereocenters. The van der Waals surface area contributed by atoms with Gasteiger partial charge in [-0.1, -0.05) is 12.1 Å². The third kappa shape index (κ3) is 5.50. The Kier molecular flexibility index (Phi) is 6.34. The molecule has 7 heteroatoms. The summed E-state index contributed by atoms with van der Waals surface area (Å²) in [7, 11) is 0. The zero-order valence-electron chi connectivity index (χ0n) is 16.9. The number of anilines is 2. The number of aromatic nitrogens is 2. The van der Waals surface area contributed by atoms with Gasteiger partial charge in [0.05, 0.1) is 12.8 Å². The maximum atomic E-state index is 11.5. The topological polar surface area (TPSA) is 96.3 Å². The van der Waals surface area contributed by atoms with Crippen molar-refractivity contribution in [3.63, 3.8) is 0 Å². The van der Waals surface area contributed by atoms with E-state index in [1.54, 1.807) is 0 Å². The number of rotatable bonds is 8. The van der Waals surface area contributed by atoms with Crippen LogP contribution in [-0.4, -0.2) is 41.1 Å². The number of nitrogens with two attached hydrogens (primary N) is 1. The highest BCUT2D eigenvalue weighted by atomic mass is 16.5. The first-order valence-corrected chi connectivity index (χ1v) is 10.7. The molecule has 1 aliphatic carbocycles. The van der Waals surface area contributed by atoms with Gasteiger partial charge in [-0.05, 0) is 61.6 Å². The fraction of sp³-hybridized carbons (Fsp3) is 0.545. The number of nitrogen functional groups attached to an aromatic ring is 1. The fourth-order valence-electron chi connectivity index (χ4n) is 4.49. The number of hydrogen-bond donors (Lipinski definition) is 3. The second kappa shape index (κ2) is 9.31. The SMILES string of the molecule is Nc1cnc(NCCCOc2cccc(CN3CC4CCC(CC4)C3)c2)[nH]c1=O. The number of ether oxygens (including phenoxy) is 1. The molecule has 0 amide bonds. The molecule has 3 fully saturated rings. The summed E-state index contributed by atoms with van der Waals surface area (Å²) in [6.07, 6.45) is 7.82. The Balaban J connectivity index is 1.21. The number of benzene rings is 1. The van der Waals surface area contributed by atoms with Gasteiger partial charge in [0, 0.05) is 26.2 Å². The first kappa shape index (κ1) is 19.8. The van der Waals surface area contributed by atoms with Gasteiger partial charge in [-0.3, -0.25) is 14.7 Å². The molecule has 3 heterocycles. The van der Waals surface area contributed by atoms with Crippen LogP contribution < -0.4 is 21.3 Å². The molecule has 4 N–H and O–H groups in total. The van der Waals surface area contributed by atoms with Crippen molar-refractivity contribution >= 4 is 11.6 Å². The molecule has 0 spiro atoms. The molecule has 1 aromatic heterocycles. The minimum Gasteiger partial charge on any atom is -0.494 e. The van der Waals surface area contributed by atoms with Crippen LogP contribution in [0.2, 0.25) is 0 Å². The first-order chi connectivity index (χ1) is 14.2. The van der Waals surface area contributed by atoms with E-state index in [1.807, 2.05) is 6.07 Å². The molecule has 1 saturated carbocycles. The summed E-state index contributed by atoms with van der Waals surface area (Å²) in [6, 6.07) is 8.46. The van der Waals surface area contributed by atoms with Crippen molar-refractivity contribution in [2.45, 2.75) is 38.6 Å². The average Bonchev–Trinajstić information content (AvgIpc) is 3.03. The Hall–Kier alpha value is -2.54. The Labute approximate surface area is 171 Å². The number of hydrogen-bond acceptors (Lipinski definition) is 6.